The number of ether oxygens (including phenoxy) is 1. The lowest BCUT2D eigenvalue weighted by Crippen LogP contribution is -2.33. The van der Waals surface area contributed by atoms with Gasteiger partial charge in [-0.1, -0.05) is 11.6 Å². The third-order valence-corrected chi connectivity index (χ3v) is 4.77. The maximum Gasteiger partial charge on any atom is 0.332 e. The van der Waals surface area contributed by atoms with Crippen molar-refractivity contribution in [3.05, 3.63) is 23.5 Å². The highest BCUT2D eigenvalue weighted by atomic mass is 35.5. The number of aromatic nitrogens is 1. The van der Waals surface area contributed by atoms with Crippen molar-refractivity contribution in [3.8, 4) is 0 Å². The number of aliphatic carboxylic acids is 1. The van der Waals surface area contributed by atoms with Crippen LogP contribution in [0.15, 0.2) is 23.2 Å². The fraction of sp³-hybridized carbons (Fsp3) is 0.455. The number of sulfonamides is 1. The monoisotopic (exact) mass is 320 g/mol. The second kappa shape index (κ2) is 6.04. The largest absolute Gasteiger partial charge is 0.479 e. The molecule has 0 amide bonds. The number of hydrogen-bond acceptors (Lipinski definition) is 5. The number of pyridine rings is 1. The van der Waals surface area contributed by atoms with Crippen LogP contribution in [0.25, 0.3) is 0 Å². The molecular formula is C11H13ClN2O5S. The van der Waals surface area contributed by atoms with Crippen LogP contribution in [0.3, 0.4) is 0 Å². The van der Waals surface area contributed by atoms with Gasteiger partial charge in [0.2, 0.25) is 10.0 Å². The molecular weight excluding hydrogens is 308 g/mol. The van der Waals surface area contributed by atoms with Crippen molar-refractivity contribution in [2.45, 2.75) is 29.9 Å². The quantitative estimate of drug-likeness (QED) is 0.771. The molecule has 1 aliphatic rings. The summed E-state index contributed by atoms with van der Waals surface area (Å²) in [5, 5.41) is 8.67. The van der Waals surface area contributed by atoms with Crippen LogP contribution < -0.4 is 4.72 Å². The maximum atomic E-state index is 12.0. The Morgan fingerprint density at radius 1 is 1.55 bits per heavy atom. The van der Waals surface area contributed by atoms with Crippen LogP contribution in [-0.2, 0) is 19.6 Å². The van der Waals surface area contributed by atoms with E-state index in [0.717, 1.165) is 0 Å². The van der Waals surface area contributed by atoms with Gasteiger partial charge in [-0.3, -0.25) is 0 Å². The van der Waals surface area contributed by atoms with Crippen LogP contribution in [0, 0.1) is 0 Å². The van der Waals surface area contributed by atoms with E-state index >= 15 is 0 Å². The predicted octanol–water partition coefficient (Wildman–Crippen LogP) is 0.645. The van der Waals surface area contributed by atoms with Crippen molar-refractivity contribution in [2.75, 3.05) is 6.54 Å². The normalized spacial score (nSPS) is 22.9. The van der Waals surface area contributed by atoms with Crippen molar-refractivity contribution >= 4 is 27.6 Å². The lowest BCUT2D eigenvalue weighted by atomic mass is 10.2. The van der Waals surface area contributed by atoms with Gasteiger partial charge in [0.05, 0.1) is 6.10 Å². The molecule has 1 aromatic rings. The Morgan fingerprint density at radius 3 is 2.90 bits per heavy atom. The van der Waals surface area contributed by atoms with E-state index in [2.05, 4.69) is 9.71 Å². The highest BCUT2D eigenvalue weighted by Gasteiger charge is 2.31. The predicted molar refractivity (Wildman–Crippen MR) is 70.0 cm³/mol. The summed E-state index contributed by atoms with van der Waals surface area (Å²) in [5.74, 6) is -1.04. The molecule has 0 saturated carbocycles. The molecule has 110 valence electrons. The molecule has 2 heterocycles. The molecule has 1 fully saturated rings. The molecule has 7 nitrogen and oxygen atoms in total. The molecule has 0 aromatic carbocycles. The third kappa shape index (κ3) is 3.45. The van der Waals surface area contributed by atoms with Gasteiger partial charge in [-0.05, 0) is 25.0 Å². The Balaban J connectivity index is 1.98. The zero-order valence-corrected chi connectivity index (χ0v) is 11.9. The first kappa shape index (κ1) is 15.2. The van der Waals surface area contributed by atoms with Crippen LogP contribution in [-0.4, -0.2) is 43.2 Å². The number of hydrogen-bond donors (Lipinski definition) is 2. The standard InChI is InChI=1S/C11H13ClN2O5S/c12-10-9(2-1-5-13-10)20(17,18)14-6-7-3-4-8(19-7)11(15)16/h1-2,5,7-8,14H,3-4,6H2,(H,15,16). The molecule has 0 spiro atoms. The molecule has 2 atom stereocenters. The summed E-state index contributed by atoms with van der Waals surface area (Å²) in [6, 6.07) is 2.81. The van der Waals surface area contributed by atoms with Gasteiger partial charge in [0.25, 0.3) is 0 Å². The van der Waals surface area contributed by atoms with Gasteiger partial charge in [-0.25, -0.2) is 22.9 Å². The first-order valence-corrected chi connectivity index (χ1v) is 7.74. The molecule has 1 aromatic heterocycles. The molecule has 9 heteroatoms. The van der Waals surface area contributed by atoms with Crippen molar-refractivity contribution in [1.29, 1.82) is 0 Å². The van der Waals surface area contributed by atoms with Crippen LogP contribution in [0.1, 0.15) is 12.8 Å². The molecule has 0 bridgehead atoms. The van der Waals surface area contributed by atoms with Crippen LogP contribution >= 0.6 is 11.6 Å². The number of nitrogens with zero attached hydrogens (tertiary/aromatic N) is 1. The molecule has 0 aliphatic carbocycles. The average Bonchev–Trinajstić information content (AvgIpc) is 2.86. The number of carboxylic acid groups (broad SMARTS) is 1. The van der Waals surface area contributed by atoms with Gasteiger partial charge in [0, 0.05) is 12.7 Å². The van der Waals surface area contributed by atoms with Gasteiger partial charge in [0.15, 0.2) is 6.10 Å². The summed E-state index contributed by atoms with van der Waals surface area (Å²) in [4.78, 5) is 14.3. The topological polar surface area (TPSA) is 106 Å². The van der Waals surface area contributed by atoms with E-state index in [1.807, 2.05) is 0 Å². The summed E-state index contributed by atoms with van der Waals surface area (Å²) in [6.45, 7) is -0.00264. The Kier molecular flexibility index (Phi) is 4.59. The Bertz CT molecular complexity index is 607. The third-order valence-electron chi connectivity index (χ3n) is 2.90. The van der Waals surface area contributed by atoms with E-state index in [0.29, 0.717) is 12.8 Å². The number of rotatable bonds is 5. The minimum atomic E-state index is -3.79. The highest BCUT2D eigenvalue weighted by Crippen LogP contribution is 2.21. The highest BCUT2D eigenvalue weighted by molar-refractivity contribution is 7.89. The minimum Gasteiger partial charge on any atom is -0.479 e. The Labute approximate surface area is 121 Å². The van der Waals surface area contributed by atoms with E-state index in [1.54, 1.807) is 0 Å². The maximum absolute atomic E-state index is 12.0. The molecule has 2 rings (SSSR count). The summed E-state index contributed by atoms with van der Waals surface area (Å²) in [6.07, 6.45) is 0.918. The van der Waals surface area contributed by atoms with E-state index < -0.39 is 28.2 Å². The molecule has 2 unspecified atom stereocenters. The fourth-order valence-electron chi connectivity index (χ4n) is 1.89. The van der Waals surface area contributed by atoms with Gasteiger partial charge in [0.1, 0.15) is 10.0 Å². The van der Waals surface area contributed by atoms with E-state index in [4.69, 9.17) is 21.4 Å². The first-order chi connectivity index (χ1) is 9.40. The number of carboxylic acids is 1. The van der Waals surface area contributed by atoms with Crippen molar-refractivity contribution in [3.63, 3.8) is 0 Å². The summed E-state index contributed by atoms with van der Waals surface area (Å²) in [5.41, 5.74) is 0. The lowest BCUT2D eigenvalue weighted by Gasteiger charge is -2.13. The van der Waals surface area contributed by atoms with Crippen molar-refractivity contribution in [2.24, 2.45) is 0 Å². The van der Waals surface area contributed by atoms with Crippen LogP contribution in [0.5, 0.6) is 0 Å². The second-order valence-electron chi connectivity index (χ2n) is 4.31. The molecule has 1 saturated heterocycles. The molecule has 20 heavy (non-hydrogen) atoms. The van der Waals surface area contributed by atoms with Gasteiger partial charge in [-0.15, -0.1) is 0 Å². The smallest absolute Gasteiger partial charge is 0.332 e. The zero-order valence-electron chi connectivity index (χ0n) is 10.3. The lowest BCUT2D eigenvalue weighted by molar-refractivity contribution is -0.149. The van der Waals surface area contributed by atoms with E-state index in [-0.39, 0.29) is 16.6 Å². The van der Waals surface area contributed by atoms with Crippen LogP contribution in [0.4, 0.5) is 0 Å². The van der Waals surface area contributed by atoms with Gasteiger partial charge >= 0.3 is 5.97 Å². The number of carbonyl (C=O) groups is 1. The van der Waals surface area contributed by atoms with Gasteiger partial charge < -0.3 is 9.84 Å². The first-order valence-electron chi connectivity index (χ1n) is 5.88. The summed E-state index contributed by atoms with van der Waals surface area (Å²) < 4.78 is 31.6. The Hall–Kier alpha value is -1.22. The second-order valence-corrected chi connectivity index (χ2v) is 6.40. The zero-order chi connectivity index (χ0) is 14.8. The SMILES string of the molecule is O=C(O)C1CCC(CNS(=O)(=O)c2cccnc2Cl)O1. The minimum absolute atomic E-state index is 0.00264. The van der Waals surface area contributed by atoms with Crippen LogP contribution in [0.2, 0.25) is 5.15 Å². The summed E-state index contributed by atoms with van der Waals surface area (Å²) >= 11 is 5.73. The number of halogens is 1. The summed E-state index contributed by atoms with van der Waals surface area (Å²) in [7, 11) is -3.79. The molecule has 0 radical (unpaired) electrons. The Morgan fingerprint density at radius 2 is 2.30 bits per heavy atom. The fourth-order valence-corrected chi connectivity index (χ4v) is 3.41. The average molecular weight is 321 g/mol. The van der Waals surface area contributed by atoms with E-state index in [9.17, 15) is 13.2 Å². The molecule has 1 aliphatic heterocycles. The van der Waals surface area contributed by atoms with Gasteiger partial charge in [-0.2, -0.15) is 0 Å². The van der Waals surface area contributed by atoms with Crippen molar-refractivity contribution in [1.82, 2.24) is 9.71 Å². The van der Waals surface area contributed by atoms with Crippen molar-refractivity contribution < 1.29 is 23.1 Å². The molecule has 2 N–H and O–H groups in total. The van der Waals surface area contributed by atoms with E-state index in [1.165, 1.54) is 18.3 Å². The number of nitrogens with one attached hydrogen (secondary N) is 1.